The third-order valence-electron chi connectivity index (χ3n) is 2.30. The van der Waals surface area contributed by atoms with Crippen LogP contribution in [0.3, 0.4) is 0 Å². The maximum atomic E-state index is 10.8. The normalized spacial score (nSPS) is 11.8. The number of esters is 1. The monoisotopic (exact) mass is 238 g/mol. The van der Waals surface area contributed by atoms with Crippen molar-refractivity contribution < 1.29 is 19.0 Å². The summed E-state index contributed by atoms with van der Waals surface area (Å²) >= 11 is 0. The van der Waals surface area contributed by atoms with Crippen LogP contribution in [0.5, 0.6) is 11.5 Å². The molecular weight excluding hydrogens is 220 g/mol. The summed E-state index contributed by atoms with van der Waals surface area (Å²) in [5.41, 5.74) is 1.01. The molecule has 0 heterocycles. The first-order valence-corrected chi connectivity index (χ1v) is 5.44. The molecule has 0 saturated carbocycles. The predicted octanol–water partition coefficient (Wildman–Crippen LogP) is 2.20. The van der Waals surface area contributed by atoms with Gasteiger partial charge in [0.25, 0.3) is 0 Å². The van der Waals surface area contributed by atoms with Crippen molar-refractivity contribution in [3.05, 3.63) is 23.8 Å². The summed E-state index contributed by atoms with van der Waals surface area (Å²) in [5, 5.41) is 0. The van der Waals surface area contributed by atoms with Crippen LogP contribution in [-0.4, -0.2) is 26.3 Å². The van der Waals surface area contributed by atoms with Crippen LogP contribution in [0.25, 0.3) is 0 Å². The first-order valence-electron chi connectivity index (χ1n) is 5.44. The molecule has 4 heteroatoms. The number of methoxy groups -OCH3 is 2. The van der Waals surface area contributed by atoms with Crippen LogP contribution in [0.4, 0.5) is 0 Å². The summed E-state index contributed by atoms with van der Waals surface area (Å²) in [6.45, 7) is 3.26. The number of hydrogen-bond donors (Lipinski definition) is 0. The Morgan fingerprint density at radius 2 is 1.71 bits per heavy atom. The number of rotatable bonds is 5. The second kappa shape index (κ2) is 6.13. The molecule has 0 aliphatic heterocycles. The van der Waals surface area contributed by atoms with E-state index in [1.54, 1.807) is 20.3 Å². The molecule has 1 unspecified atom stereocenters. The van der Waals surface area contributed by atoms with Crippen molar-refractivity contribution in [2.45, 2.75) is 26.4 Å². The number of carbonyl (C=O) groups is 1. The highest BCUT2D eigenvalue weighted by molar-refractivity contribution is 5.66. The van der Waals surface area contributed by atoms with Gasteiger partial charge in [0, 0.05) is 19.4 Å². The molecule has 17 heavy (non-hydrogen) atoms. The Kier molecular flexibility index (Phi) is 4.82. The summed E-state index contributed by atoms with van der Waals surface area (Å²) < 4.78 is 15.4. The van der Waals surface area contributed by atoms with Crippen LogP contribution in [0, 0.1) is 0 Å². The average Bonchev–Trinajstić information content (AvgIpc) is 2.27. The van der Waals surface area contributed by atoms with Crippen LogP contribution in [0.2, 0.25) is 0 Å². The van der Waals surface area contributed by atoms with E-state index in [0.29, 0.717) is 6.42 Å². The minimum Gasteiger partial charge on any atom is -0.497 e. The molecule has 1 aromatic carbocycles. The van der Waals surface area contributed by atoms with Gasteiger partial charge in [0.05, 0.1) is 14.2 Å². The molecule has 0 bridgehead atoms. The molecular formula is C13H18O4. The van der Waals surface area contributed by atoms with E-state index >= 15 is 0 Å². The summed E-state index contributed by atoms with van der Waals surface area (Å²) in [4.78, 5) is 10.8. The van der Waals surface area contributed by atoms with E-state index in [1.807, 2.05) is 19.1 Å². The second-order valence-electron chi connectivity index (χ2n) is 3.85. The van der Waals surface area contributed by atoms with Gasteiger partial charge in [-0.05, 0) is 24.6 Å². The van der Waals surface area contributed by atoms with Crippen LogP contribution in [0.15, 0.2) is 18.2 Å². The molecule has 1 atom stereocenters. The highest BCUT2D eigenvalue weighted by Crippen LogP contribution is 2.23. The van der Waals surface area contributed by atoms with E-state index in [-0.39, 0.29) is 12.1 Å². The molecule has 0 aliphatic rings. The van der Waals surface area contributed by atoms with Crippen molar-refractivity contribution in [3.8, 4) is 11.5 Å². The molecule has 4 nitrogen and oxygen atoms in total. The molecule has 0 N–H and O–H groups in total. The molecule has 0 aromatic heterocycles. The molecule has 0 radical (unpaired) electrons. The lowest BCUT2D eigenvalue weighted by Crippen LogP contribution is -2.15. The molecule has 1 rings (SSSR count). The number of carbonyl (C=O) groups excluding carboxylic acids is 1. The van der Waals surface area contributed by atoms with E-state index in [9.17, 15) is 4.79 Å². The van der Waals surface area contributed by atoms with E-state index in [2.05, 4.69) is 0 Å². The summed E-state index contributed by atoms with van der Waals surface area (Å²) in [5.74, 6) is 1.19. The van der Waals surface area contributed by atoms with Crippen molar-refractivity contribution >= 4 is 5.97 Å². The van der Waals surface area contributed by atoms with Crippen molar-refractivity contribution in [1.29, 1.82) is 0 Å². The van der Waals surface area contributed by atoms with Crippen LogP contribution in [-0.2, 0) is 16.0 Å². The Morgan fingerprint density at radius 1 is 1.18 bits per heavy atom. The number of hydrogen-bond acceptors (Lipinski definition) is 4. The zero-order chi connectivity index (χ0) is 12.8. The van der Waals surface area contributed by atoms with Gasteiger partial charge in [-0.25, -0.2) is 0 Å². The second-order valence-corrected chi connectivity index (χ2v) is 3.85. The van der Waals surface area contributed by atoms with Gasteiger partial charge in [0.2, 0.25) is 0 Å². The third-order valence-corrected chi connectivity index (χ3v) is 2.30. The van der Waals surface area contributed by atoms with Gasteiger partial charge in [-0.3, -0.25) is 4.79 Å². The molecule has 0 aliphatic carbocycles. The standard InChI is InChI=1S/C13H18O4/c1-9(17-10(2)14)5-11-6-12(15-3)8-13(7-11)16-4/h6-9H,5H2,1-4H3. The maximum Gasteiger partial charge on any atom is 0.302 e. The maximum absolute atomic E-state index is 10.8. The number of benzene rings is 1. The Morgan fingerprint density at radius 3 is 2.12 bits per heavy atom. The molecule has 0 fully saturated rings. The first-order chi connectivity index (χ1) is 8.05. The minimum absolute atomic E-state index is 0.163. The summed E-state index contributed by atoms with van der Waals surface area (Å²) in [6, 6.07) is 5.62. The van der Waals surface area contributed by atoms with Gasteiger partial charge < -0.3 is 14.2 Å². The Bertz CT molecular complexity index is 365. The van der Waals surface area contributed by atoms with Crippen molar-refractivity contribution in [2.75, 3.05) is 14.2 Å². The van der Waals surface area contributed by atoms with Crippen LogP contribution >= 0.6 is 0 Å². The SMILES string of the molecule is COc1cc(CC(C)OC(C)=O)cc(OC)c1. The largest absolute Gasteiger partial charge is 0.497 e. The molecule has 0 amide bonds. The van der Waals surface area contributed by atoms with E-state index in [4.69, 9.17) is 14.2 Å². The lowest BCUT2D eigenvalue weighted by atomic mass is 10.1. The van der Waals surface area contributed by atoms with Crippen molar-refractivity contribution in [2.24, 2.45) is 0 Å². The van der Waals surface area contributed by atoms with Crippen molar-refractivity contribution in [1.82, 2.24) is 0 Å². The quantitative estimate of drug-likeness (QED) is 0.738. The Hall–Kier alpha value is -1.71. The summed E-state index contributed by atoms with van der Waals surface area (Å²) in [7, 11) is 3.21. The topological polar surface area (TPSA) is 44.8 Å². The zero-order valence-corrected chi connectivity index (χ0v) is 10.6. The highest BCUT2D eigenvalue weighted by atomic mass is 16.5. The Labute approximate surface area is 101 Å². The lowest BCUT2D eigenvalue weighted by molar-refractivity contribution is -0.145. The predicted molar refractivity (Wildman–Crippen MR) is 64.5 cm³/mol. The lowest BCUT2D eigenvalue weighted by Gasteiger charge is -2.13. The molecule has 0 saturated heterocycles. The summed E-state index contributed by atoms with van der Waals surface area (Å²) in [6.07, 6.45) is 0.469. The zero-order valence-electron chi connectivity index (χ0n) is 10.6. The van der Waals surface area contributed by atoms with E-state index in [0.717, 1.165) is 17.1 Å². The third kappa shape index (κ3) is 4.34. The fraction of sp³-hybridized carbons (Fsp3) is 0.462. The van der Waals surface area contributed by atoms with Crippen LogP contribution in [0.1, 0.15) is 19.4 Å². The van der Waals surface area contributed by atoms with Gasteiger partial charge in [-0.15, -0.1) is 0 Å². The van der Waals surface area contributed by atoms with Crippen molar-refractivity contribution in [3.63, 3.8) is 0 Å². The van der Waals surface area contributed by atoms with Gasteiger partial charge in [0.1, 0.15) is 17.6 Å². The van der Waals surface area contributed by atoms with E-state index in [1.165, 1.54) is 6.92 Å². The minimum atomic E-state index is -0.271. The Balaban J connectivity index is 2.79. The molecule has 0 spiro atoms. The number of ether oxygens (including phenoxy) is 3. The first kappa shape index (κ1) is 13.4. The fourth-order valence-corrected chi connectivity index (χ4v) is 1.64. The van der Waals surface area contributed by atoms with Gasteiger partial charge in [-0.2, -0.15) is 0 Å². The van der Waals surface area contributed by atoms with Gasteiger partial charge in [-0.1, -0.05) is 0 Å². The molecule has 1 aromatic rings. The molecule has 94 valence electrons. The van der Waals surface area contributed by atoms with Crippen LogP contribution < -0.4 is 9.47 Å². The van der Waals surface area contributed by atoms with Gasteiger partial charge in [0.15, 0.2) is 0 Å². The fourth-order valence-electron chi connectivity index (χ4n) is 1.64. The smallest absolute Gasteiger partial charge is 0.302 e. The average molecular weight is 238 g/mol. The highest BCUT2D eigenvalue weighted by Gasteiger charge is 2.09. The van der Waals surface area contributed by atoms with Gasteiger partial charge >= 0.3 is 5.97 Å². The van der Waals surface area contributed by atoms with E-state index < -0.39 is 0 Å².